The first kappa shape index (κ1) is 13.7. The summed E-state index contributed by atoms with van der Waals surface area (Å²) in [5.74, 6) is -0.986. The van der Waals surface area contributed by atoms with Gasteiger partial charge >= 0.3 is 0 Å². The third-order valence-electron chi connectivity index (χ3n) is 4.15. The Hall–Kier alpha value is -1.22. The van der Waals surface area contributed by atoms with Gasteiger partial charge in [-0.25, -0.2) is 8.78 Å². The molecular weight excluding hydrogens is 322 g/mol. The van der Waals surface area contributed by atoms with Crippen LogP contribution in [0, 0.1) is 11.6 Å². The molecule has 1 fully saturated rings. The van der Waals surface area contributed by atoms with Crippen molar-refractivity contribution >= 4 is 15.9 Å². The molecule has 0 bridgehead atoms. The molecule has 104 valence electrons. The predicted molar refractivity (Wildman–Crippen MR) is 80.1 cm³/mol. The predicted octanol–water partition coefficient (Wildman–Crippen LogP) is 5.00. The first-order valence-corrected chi connectivity index (χ1v) is 7.67. The Bertz CT molecular complexity index is 606. The molecule has 0 spiro atoms. The summed E-state index contributed by atoms with van der Waals surface area (Å²) < 4.78 is 26.7. The smallest absolute Gasteiger partial charge is 0.129 e. The van der Waals surface area contributed by atoms with Crippen LogP contribution in [0.25, 0.3) is 0 Å². The summed E-state index contributed by atoms with van der Waals surface area (Å²) in [6.07, 6.45) is 2.78. The minimum absolute atomic E-state index is 0.0993. The monoisotopic (exact) mass is 336 g/mol. The Labute approximate surface area is 126 Å². The summed E-state index contributed by atoms with van der Waals surface area (Å²) in [4.78, 5) is 0.164. The molecule has 20 heavy (non-hydrogen) atoms. The van der Waals surface area contributed by atoms with Gasteiger partial charge in [0.1, 0.15) is 11.6 Å². The van der Waals surface area contributed by atoms with Gasteiger partial charge in [-0.05, 0) is 36.5 Å². The van der Waals surface area contributed by atoms with Crippen LogP contribution in [0.15, 0.2) is 48.5 Å². The highest BCUT2D eigenvalue weighted by atomic mass is 79.9. The highest BCUT2D eigenvalue weighted by Gasteiger charge is 2.49. The van der Waals surface area contributed by atoms with E-state index in [0.717, 1.165) is 18.9 Å². The Morgan fingerprint density at radius 2 is 1.75 bits per heavy atom. The number of alkyl halides is 1. The lowest BCUT2D eigenvalue weighted by Crippen LogP contribution is -2.23. The van der Waals surface area contributed by atoms with Gasteiger partial charge in [0.15, 0.2) is 0 Å². The Morgan fingerprint density at radius 1 is 1.05 bits per heavy atom. The largest absolute Gasteiger partial charge is 0.207 e. The van der Waals surface area contributed by atoms with Crippen molar-refractivity contribution < 1.29 is 8.78 Å². The number of hydrogen-bond acceptors (Lipinski definition) is 0. The van der Waals surface area contributed by atoms with Crippen LogP contribution in [0.2, 0.25) is 0 Å². The van der Waals surface area contributed by atoms with Crippen LogP contribution >= 0.6 is 15.9 Å². The molecule has 1 saturated carbocycles. The molecule has 2 aromatic rings. The topological polar surface area (TPSA) is 0 Å². The molecule has 0 N–H and O–H groups in total. The van der Waals surface area contributed by atoms with E-state index in [4.69, 9.17) is 0 Å². The molecule has 3 rings (SSSR count). The molecule has 0 heterocycles. The van der Waals surface area contributed by atoms with Gasteiger partial charge in [-0.3, -0.25) is 0 Å². The third-order valence-corrected chi connectivity index (χ3v) is 5.35. The van der Waals surface area contributed by atoms with Crippen LogP contribution in [-0.4, -0.2) is 4.83 Å². The van der Waals surface area contributed by atoms with Gasteiger partial charge in [-0.1, -0.05) is 52.3 Å². The lowest BCUT2D eigenvalue weighted by Gasteiger charge is -2.22. The zero-order valence-electron chi connectivity index (χ0n) is 11.0. The molecule has 0 aliphatic heterocycles. The quantitative estimate of drug-likeness (QED) is 0.689. The minimum Gasteiger partial charge on any atom is -0.207 e. The zero-order chi connectivity index (χ0) is 14.2. The minimum atomic E-state index is -0.526. The number of rotatable bonds is 4. The van der Waals surface area contributed by atoms with E-state index in [2.05, 4.69) is 28.1 Å². The average molecular weight is 337 g/mol. The maximum atomic E-state index is 13.8. The molecule has 0 radical (unpaired) electrons. The van der Waals surface area contributed by atoms with Crippen LogP contribution in [0.1, 0.15) is 24.0 Å². The molecule has 1 atom stereocenters. The van der Waals surface area contributed by atoms with Gasteiger partial charge in [-0.15, -0.1) is 0 Å². The maximum Gasteiger partial charge on any atom is 0.129 e. The summed E-state index contributed by atoms with van der Waals surface area (Å²) in [5.41, 5.74) is 1.96. The number of halogens is 3. The second kappa shape index (κ2) is 5.28. The molecule has 1 aliphatic carbocycles. The van der Waals surface area contributed by atoms with E-state index in [1.807, 2.05) is 18.2 Å². The molecule has 2 aromatic carbocycles. The van der Waals surface area contributed by atoms with Crippen LogP contribution < -0.4 is 0 Å². The fraction of sp³-hybridized carbons (Fsp3) is 0.294. The van der Waals surface area contributed by atoms with Crippen LogP contribution in [0.4, 0.5) is 8.78 Å². The normalized spacial score (nSPS) is 17.8. The van der Waals surface area contributed by atoms with Crippen molar-refractivity contribution in [1.82, 2.24) is 0 Å². The van der Waals surface area contributed by atoms with Crippen molar-refractivity contribution in [2.45, 2.75) is 29.5 Å². The van der Waals surface area contributed by atoms with Gasteiger partial charge in [0.2, 0.25) is 0 Å². The fourth-order valence-corrected chi connectivity index (χ4v) is 3.83. The van der Waals surface area contributed by atoms with E-state index in [1.165, 1.54) is 11.6 Å². The molecule has 3 heteroatoms. The van der Waals surface area contributed by atoms with E-state index < -0.39 is 11.6 Å². The molecule has 0 nitrogen and oxygen atoms in total. The summed E-state index contributed by atoms with van der Waals surface area (Å²) in [6, 6.07) is 14.1. The second-order valence-corrected chi connectivity index (χ2v) is 6.53. The molecule has 1 unspecified atom stereocenters. The van der Waals surface area contributed by atoms with Crippen molar-refractivity contribution in [3.05, 3.63) is 71.3 Å². The average Bonchev–Trinajstić information content (AvgIpc) is 3.24. The summed E-state index contributed by atoms with van der Waals surface area (Å²) in [7, 11) is 0. The summed E-state index contributed by atoms with van der Waals surface area (Å²) in [5, 5.41) is 0. The lowest BCUT2D eigenvalue weighted by molar-refractivity contribution is 0.561. The van der Waals surface area contributed by atoms with Gasteiger partial charge in [0, 0.05) is 16.3 Å². The van der Waals surface area contributed by atoms with Crippen LogP contribution in [-0.2, 0) is 11.8 Å². The van der Waals surface area contributed by atoms with E-state index in [-0.39, 0.29) is 10.2 Å². The molecule has 0 aromatic heterocycles. The Balaban J connectivity index is 1.81. The summed E-state index contributed by atoms with van der Waals surface area (Å²) in [6.45, 7) is 0. The first-order valence-electron chi connectivity index (χ1n) is 6.75. The van der Waals surface area contributed by atoms with Crippen molar-refractivity contribution in [3.63, 3.8) is 0 Å². The number of hydrogen-bond donors (Lipinski definition) is 0. The molecule has 0 amide bonds. The first-order chi connectivity index (χ1) is 9.62. The van der Waals surface area contributed by atoms with E-state index in [9.17, 15) is 8.78 Å². The Kier molecular flexibility index (Phi) is 3.63. The number of benzene rings is 2. The van der Waals surface area contributed by atoms with Gasteiger partial charge < -0.3 is 0 Å². The van der Waals surface area contributed by atoms with Crippen molar-refractivity contribution in [1.29, 1.82) is 0 Å². The van der Waals surface area contributed by atoms with Crippen LogP contribution in [0.5, 0.6) is 0 Å². The summed E-state index contributed by atoms with van der Waals surface area (Å²) >= 11 is 3.73. The second-order valence-electron chi connectivity index (χ2n) is 5.43. The van der Waals surface area contributed by atoms with Gasteiger partial charge in [-0.2, -0.15) is 0 Å². The maximum absolute atomic E-state index is 13.8. The van der Waals surface area contributed by atoms with Gasteiger partial charge in [0.05, 0.1) is 0 Å². The third kappa shape index (κ3) is 2.51. The van der Waals surface area contributed by atoms with E-state index >= 15 is 0 Å². The van der Waals surface area contributed by atoms with E-state index in [0.29, 0.717) is 12.0 Å². The lowest BCUT2D eigenvalue weighted by atomic mass is 9.89. The standard InChI is InChI=1S/C17H15BrF2/c18-16(10-12-6-7-14(19)11-15(12)20)17(8-9-17)13-4-2-1-3-5-13/h1-7,11,16H,8-10H2. The van der Waals surface area contributed by atoms with Crippen LogP contribution in [0.3, 0.4) is 0 Å². The SMILES string of the molecule is Fc1ccc(CC(Br)C2(c3ccccc3)CC2)c(F)c1. The van der Waals surface area contributed by atoms with Crippen molar-refractivity contribution in [2.75, 3.05) is 0 Å². The Morgan fingerprint density at radius 3 is 2.35 bits per heavy atom. The zero-order valence-corrected chi connectivity index (χ0v) is 12.5. The van der Waals surface area contributed by atoms with E-state index in [1.54, 1.807) is 6.07 Å². The molecule has 1 aliphatic rings. The molecular formula is C17H15BrF2. The highest BCUT2D eigenvalue weighted by molar-refractivity contribution is 9.09. The molecule has 0 saturated heterocycles. The fourth-order valence-electron chi connectivity index (χ4n) is 2.76. The van der Waals surface area contributed by atoms with Crippen molar-refractivity contribution in [2.24, 2.45) is 0 Å². The highest BCUT2D eigenvalue weighted by Crippen LogP contribution is 2.54. The van der Waals surface area contributed by atoms with Gasteiger partial charge in [0.25, 0.3) is 0 Å². The van der Waals surface area contributed by atoms with Crippen molar-refractivity contribution in [3.8, 4) is 0 Å².